The molecule has 8 heteroatoms. The molecule has 7 nitrogen and oxygen atoms in total. The molecule has 29 heavy (non-hydrogen) atoms. The summed E-state index contributed by atoms with van der Waals surface area (Å²) < 4.78 is 1.38. The largest absolute Gasteiger partial charge is 0.350 e. The SMILES string of the molecule is O=C(Cn1c(=O)cnc2cc(C(=O)NC3CCCC3)ccc21)NCc1cccs1. The number of hydrogen-bond acceptors (Lipinski definition) is 5. The third kappa shape index (κ3) is 4.54. The quantitative estimate of drug-likeness (QED) is 0.653. The first-order chi connectivity index (χ1) is 14.1. The highest BCUT2D eigenvalue weighted by Crippen LogP contribution is 2.19. The number of nitrogens with zero attached hydrogens (tertiary/aromatic N) is 2. The number of aromatic nitrogens is 2. The van der Waals surface area contributed by atoms with E-state index in [0.29, 0.717) is 23.1 Å². The maximum atomic E-state index is 12.5. The summed E-state index contributed by atoms with van der Waals surface area (Å²) in [7, 11) is 0. The van der Waals surface area contributed by atoms with Crippen molar-refractivity contribution in [2.24, 2.45) is 0 Å². The summed E-state index contributed by atoms with van der Waals surface area (Å²) in [5.74, 6) is -0.386. The highest BCUT2D eigenvalue weighted by atomic mass is 32.1. The molecule has 3 aromatic rings. The lowest BCUT2D eigenvalue weighted by atomic mass is 10.1. The van der Waals surface area contributed by atoms with Gasteiger partial charge in [-0.1, -0.05) is 18.9 Å². The Hall–Kier alpha value is -3.00. The highest BCUT2D eigenvalue weighted by molar-refractivity contribution is 7.09. The van der Waals surface area contributed by atoms with Gasteiger partial charge < -0.3 is 10.6 Å². The smallest absolute Gasteiger partial charge is 0.269 e. The van der Waals surface area contributed by atoms with Gasteiger partial charge in [-0.2, -0.15) is 0 Å². The van der Waals surface area contributed by atoms with Crippen LogP contribution in [0.3, 0.4) is 0 Å². The van der Waals surface area contributed by atoms with Crippen LogP contribution >= 0.6 is 11.3 Å². The van der Waals surface area contributed by atoms with Crippen LogP contribution in [0.15, 0.2) is 46.7 Å². The topological polar surface area (TPSA) is 93.1 Å². The maximum absolute atomic E-state index is 12.5. The van der Waals surface area contributed by atoms with Crippen LogP contribution in [0.1, 0.15) is 40.9 Å². The van der Waals surface area contributed by atoms with E-state index < -0.39 is 0 Å². The molecule has 0 radical (unpaired) electrons. The number of benzene rings is 1. The fourth-order valence-corrected chi connectivity index (χ4v) is 4.25. The summed E-state index contributed by atoms with van der Waals surface area (Å²) >= 11 is 1.56. The molecule has 0 bridgehead atoms. The minimum atomic E-state index is -0.355. The fraction of sp³-hybridized carbons (Fsp3) is 0.333. The molecule has 2 amide bonds. The Morgan fingerprint density at radius 1 is 1.21 bits per heavy atom. The van der Waals surface area contributed by atoms with Crippen molar-refractivity contribution >= 4 is 34.2 Å². The average molecular weight is 410 g/mol. The van der Waals surface area contributed by atoms with E-state index in [1.54, 1.807) is 29.5 Å². The van der Waals surface area contributed by atoms with Crippen LogP contribution in [0.4, 0.5) is 0 Å². The molecule has 0 spiro atoms. The number of thiophene rings is 1. The van der Waals surface area contributed by atoms with Crippen molar-refractivity contribution < 1.29 is 9.59 Å². The minimum Gasteiger partial charge on any atom is -0.350 e. The molecular weight excluding hydrogens is 388 g/mol. The zero-order chi connectivity index (χ0) is 20.2. The molecule has 2 heterocycles. The molecule has 0 atom stereocenters. The van der Waals surface area contributed by atoms with Gasteiger partial charge in [-0.3, -0.25) is 19.0 Å². The lowest BCUT2D eigenvalue weighted by molar-refractivity contribution is -0.121. The van der Waals surface area contributed by atoms with Crippen molar-refractivity contribution in [3.8, 4) is 0 Å². The third-order valence-corrected chi connectivity index (χ3v) is 6.02. The second-order valence-corrected chi connectivity index (χ2v) is 8.23. The third-order valence-electron chi connectivity index (χ3n) is 5.14. The first-order valence-electron chi connectivity index (χ1n) is 9.70. The molecule has 1 fully saturated rings. The molecule has 0 saturated heterocycles. The number of carbonyl (C=O) groups excluding carboxylic acids is 2. The molecule has 0 aliphatic heterocycles. The number of amides is 2. The summed E-state index contributed by atoms with van der Waals surface area (Å²) in [6.45, 7) is 0.330. The number of rotatable bonds is 6. The summed E-state index contributed by atoms with van der Waals surface area (Å²) in [4.78, 5) is 42.3. The summed E-state index contributed by atoms with van der Waals surface area (Å²) in [5, 5.41) is 7.82. The summed E-state index contributed by atoms with van der Waals surface area (Å²) in [5.41, 5.74) is 1.19. The molecular formula is C21H22N4O3S. The van der Waals surface area contributed by atoms with Crippen LogP contribution < -0.4 is 16.2 Å². The molecule has 0 unspecified atom stereocenters. The molecule has 2 aromatic heterocycles. The van der Waals surface area contributed by atoms with Gasteiger partial charge in [-0.05, 0) is 42.5 Å². The van der Waals surface area contributed by atoms with E-state index in [1.807, 2.05) is 17.5 Å². The van der Waals surface area contributed by atoms with Gasteiger partial charge in [0.15, 0.2) is 0 Å². The van der Waals surface area contributed by atoms with Crippen molar-refractivity contribution in [2.75, 3.05) is 0 Å². The van der Waals surface area contributed by atoms with Gasteiger partial charge >= 0.3 is 0 Å². The van der Waals surface area contributed by atoms with E-state index in [0.717, 1.165) is 30.6 Å². The van der Waals surface area contributed by atoms with Crippen LogP contribution in [-0.4, -0.2) is 27.4 Å². The van der Waals surface area contributed by atoms with Gasteiger partial charge in [-0.15, -0.1) is 11.3 Å². The van der Waals surface area contributed by atoms with Crippen molar-refractivity contribution in [1.82, 2.24) is 20.2 Å². The molecule has 1 saturated carbocycles. The summed E-state index contributed by atoms with van der Waals surface area (Å²) in [6.07, 6.45) is 5.50. The zero-order valence-corrected chi connectivity index (χ0v) is 16.7. The number of nitrogens with one attached hydrogen (secondary N) is 2. The van der Waals surface area contributed by atoms with Gasteiger partial charge in [0.2, 0.25) is 5.91 Å². The molecule has 150 valence electrons. The second-order valence-electron chi connectivity index (χ2n) is 7.20. The van der Waals surface area contributed by atoms with Crippen molar-refractivity contribution in [1.29, 1.82) is 0 Å². The van der Waals surface area contributed by atoms with Crippen molar-refractivity contribution in [3.63, 3.8) is 0 Å². The Labute approximate surface area is 171 Å². The van der Waals surface area contributed by atoms with E-state index in [9.17, 15) is 14.4 Å². The van der Waals surface area contributed by atoms with Crippen LogP contribution in [0, 0.1) is 0 Å². The standard InChI is InChI=1S/C21H22N4O3S/c26-19(23-11-16-6-3-9-29-16)13-25-18-8-7-14(10-17(18)22-12-20(25)27)21(28)24-15-4-1-2-5-15/h3,6-10,12,15H,1-2,4-5,11,13H2,(H,23,26)(H,24,28). The lowest BCUT2D eigenvalue weighted by Crippen LogP contribution is -2.33. The Morgan fingerprint density at radius 2 is 2.03 bits per heavy atom. The number of carbonyl (C=O) groups is 2. The first kappa shape index (κ1) is 19.3. The predicted molar refractivity (Wildman–Crippen MR) is 112 cm³/mol. The normalized spacial score (nSPS) is 14.2. The molecule has 2 N–H and O–H groups in total. The Morgan fingerprint density at radius 3 is 2.79 bits per heavy atom. The van der Waals surface area contributed by atoms with E-state index in [-0.39, 0.29) is 30.0 Å². The van der Waals surface area contributed by atoms with E-state index in [2.05, 4.69) is 15.6 Å². The fourth-order valence-electron chi connectivity index (χ4n) is 3.61. The van der Waals surface area contributed by atoms with Gasteiger partial charge in [0, 0.05) is 16.5 Å². The van der Waals surface area contributed by atoms with E-state index in [4.69, 9.17) is 0 Å². The monoisotopic (exact) mass is 410 g/mol. The van der Waals surface area contributed by atoms with Gasteiger partial charge in [0.25, 0.3) is 11.5 Å². The lowest BCUT2D eigenvalue weighted by Gasteiger charge is -2.13. The van der Waals surface area contributed by atoms with Gasteiger partial charge in [-0.25, -0.2) is 4.98 Å². The van der Waals surface area contributed by atoms with Gasteiger partial charge in [0.05, 0.1) is 23.8 Å². The molecule has 4 rings (SSSR count). The van der Waals surface area contributed by atoms with Crippen LogP contribution in [-0.2, 0) is 17.9 Å². The average Bonchev–Trinajstić information content (AvgIpc) is 3.42. The molecule has 1 aliphatic carbocycles. The number of hydrogen-bond donors (Lipinski definition) is 2. The Bertz CT molecular complexity index is 1080. The Balaban J connectivity index is 1.51. The van der Waals surface area contributed by atoms with Gasteiger partial charge in [0.1, 0.15) is 6.54 Å². The summed E-state index contributed by atoms with van der Waals surface area (Å²) in [6, 6.07) is 9.12. The first-order valence-corrected chi connectivity index (χ1v) is 10.6. The molecule has 1 aliphatic rings. The van der Waals surface area contributed by atoms with Crippen molar-refractivity contribution in [2.45, 2.75) is 44.8 Å². The van der Waals surface area contributed by atoms with Crippen molar-refractivity contribution in [3.05, 3.63) is 62.7 Å². The van der Waals surface area contributed by atoms with E-state index in [1.165, 1.54) is 10.8 Å². The van der Waals surface area contributed by atoms with Crippen LogP contribution in [0.5, 0.6) is 0 Å². The van der Waals surface area contributed by atoms with Crippen LogP contribution in [0.2, 0.25) is 0 Å². The number of fused-ring (bicyclic) bond motifs is 1. The highest BCUT2D eigenvalue weighted by Gasteiger charge is 2.18. The minimum absolute atomic E-state index is 0.100. The second kappa shape index (κ2) is 8.57. The van der Waals surface area contributed by atoms with Crippen LogP contribution in [0.25, 0.3) is 11.0 Å². The predicted octanol–water partition coefficient (Wildman–Crippen LogP) is 2.45. The Kier molecular flexibility index (Phi) is 5.71. The molecule has 1 aromatic carbocycles. The maximum Gasteiger partial charge on any atom is 0.269 e. The zero-order valence-electron chi connectivity index (χ0n) is 15.9. The van der Waals surface area contributed by atoms with E-state index >= 15 is 0 Å².